The van der Waals surface area contributed by atoms with Gasteiger partial charge in [0.15, 0.2) is 18.1 Å². The summed E-state index contributed by atoms with van der Waals surface area (Å²) in [5, 5.41) is 11.6. The minimum atomic E-state index is -0.222. The zero-order valence-corrected chi connectivity index (χ0v) is 15.4. The Balaban J connectivity index is 1.82. The molecule has 0 fully saturated rings. The van der Waals surface area contributed by atoms with Crippen LogP contribution >= 0.6 is 0 Å². The van der Waals surface area contributed by atoms with E-state index in [1.807, 2.05) is 60.7 Å². The molecule has 6 heteroatoms. The lowest BCUT2D eigenvalue weighted by atomic mass is 10.2. The number of para-hydroxylation sites is 2. The van der Waals surface area contributed by atoms with Gasteiger partial charge in [-0.2, -0.15) is 0 Å². The predicted molar refractivity (Wildman–Crippen MR) is 108 cm³/mol. The monoisotopic (exact) mass is 376 g/mol. The van der Waals surface area contributed by atoms with Gasteiger partial charge in [-0.3, -0.25) is 9.69 Å². The molecule has 1 amide bonds. The largest absolute Gasteiger partial charge is 0.493 e. The Morgan fingerprint density at radius 1 is 0.964 bits per heavy atom. The molecule has 0 bridgehead atoms. The van der Waals surface area contributed by atoms with Gasteiger partial charge in [-0.1, -0.05) is 41.6 Å². The molecule has 0 saturated carbocycles. The average Bonchev–Trinajstić information content (AvgIpc) is 2.74. The highest BCUT2D eigenvalue weighted by atomic mass is 16.5. The maximum Gasteiger partial charge on any atom is 0.269 e. The molecular weight excluding hydrogens is 356 g/mol. The first-order valence-corrected chi connectivity index (χ1v) is 8.64. The molecule has 6 nitrogen and oxygen atoms in total. The van der Waals surface area contributed by atoms with E-state index in [4.69, 9.17) is 14.7 Å². The second-order valence-electron chi connectivity index (χ2n) is 5.84. The molecule has 3 rings (SSSR count). The lowest BCUT2D eigenvalue weighted by Crippen LogP contribution is -2.30. The smallest absolute Gasteiger partial charge is 0.269 e. The third-order valence-electron chi connectivity index (χ3n) is 4.02. The fourth-order valence-corrected chi connectivity index (χ4v) is 2.75. The molecule has 0 spiro atoms. The number of hydrogen-bond donors (Lipinski definition) is 1. The lowest BCUT2D eigenvalue weighted by Gasteiger charge is -2.23. The molecule has 0 heterocycles. The summed E-state index contributed by atoms with van der Waals surface area (Å²) in [6.45, 7) is -0.173. The summed E-state index contributed by atoms with van der Waals surface area (Å²) in [6, 6.07) is 23.8. The number of amides is 1. The van der Waals surface area contributed by atoms with Crippen LogP contribution in [0.15, 0.2) is 84.0 Å². The van der Waals surface area contributed by atoms with E-state index in [1.54, 1.807) is 23.1 Å². The zero-order chi connectivity index (χ0) is 19.8. The molecule has 142 valence electrons. The number of ether oxygens (including phenoxy) is 2. The third kappa shape index (κ3) is 4.48. The van der Waals surface area contributed by atoms with Gasteiger partial charge in [-0.25, -0.2) is 0 Å². The summed E-state index contributed by atoms with van der Waals surface area (Å²) >= 11 is 0. The van der Waals surface area contributed by atoms with Gasteiger partial charge in [0.05, 0.1) is 13.3 Å². The lowest BCUT2D eigenvalue weighted by molar-refractivity contribution is -0.119. The van der Waals surface area contributed by atoms with Crippen molar-refractivity contribution in [3.63, 3.8) is 0 Å². The van der Waals surface area contributed by atoms with Crippen LogP contribution in [0.1, 0.15) is 5.56 Å². The van der Waals surface area contributed by atoms with E-state index in [0.717, 1.165) is 11.4 Å². The van der Waals surface area contributed by atoms with E-state index in [1.165, 1.54) is 13.3 Å². The molecule has 3 aromatic carbocycles. The SMILES string of the molecule is COc1cc(C=NO)ccc1OCC(=O)N(c1ccccc1)c1ccccc1. The fraction of sp³-hybridized carbons (Fsp3) is 0.0909. The Kier molecular flexibility index (Phi) is 6.25. The van der Waals surface area contributed by atoms with Gasteiger partial charge in [0, 0.05) is 16.9 Å². The van der Waals surface area contributed by atoms with Crippen molar-refractivity contribution in [2.24, 2.45) is 5.16 Å². The maximum absolute atomic E-state index is 13.0. The van der Waals surface area contributed by atoms with Crippen molar-refractivity contribution < 1.29 is 19.5 Å². The molecule has 28 heavy (non-hydrogen) atoms. The first-order chi connectivity index (χ1) is 13.7. The molecule has 0 aliphatic heterocycles. The average molecular weight is 376 g/mol. The number of carbonyl (C=O) groups excluding carboxylic acids is 1. The zero-order valence-electron chi connectivity index (χ0n) is 15.4. The van der Waals surface area contributed by atoms with Crippen molar-refractivity contribution in [2.45, 2.75) is 0 Å². The van der Waals surface area contributed by atoms with Crippen LogP contribution < -0.4 is 14.4 Å². The van der Waals surface area contributed by atoms with E-state index in [9.17, 15) is 4.79 Å². The van der Waals surface area contributed by atoms with E-state index in [2.05, 4.69) is 5.16 Å². The highest BCUT2D eigenvalue weighted by Gasteiger charge is 2.19. The van der Waals surface area contributed by atoms with Crippen LogP contribution in [0.25, 0.3) is 0 Å². The van der Waals surface area contributed by atoms with E-state index >= 15 is 0 Å². The van der Waals surface area contributed by atoms with Crippen molar-refractivity contribution in [1.82, 2.24) is 0 Å². The van der Waals surface area contributed by atoms with Crippen LogP contribution in [0.5, 0.6) is 11.5 Å². The Morgan fingerprint density at radius 3 is 2.11 bits per heavy atom. The number of nitrogens with zero attached hydrogens (tertiary/aromatic N) is 2. The van der Waals surface area contributed by atoms with Crippen molar-refractivity contribution in [3.05, 3.63) is 84.4 Å². The van der Waals surface area contributed by atoms with Crippen molar-refractivity contribution >= 4 is 23.5 Å². The minimum Gasteiger partial charge on any atom is -0.493 e. The summed E-state index contributed by atoms with van der Waals surface area (Å²) in [5.74, 6) is 0.642. The number of hydrogen-bond acceptors (Lipinski definition) is 5. The highest BCUT2D eigenvalue weighted by molar-refractivity contribution is 6.01. The van der Waals surface area contributed by atoms with Gasteiger partial charge in [-0.05, 0) is 42.5 Å². The first kappa shape index (κ1) is 19.0. The molecule has 0 aliphatic rings. The molecule has 0 atom stereocenters. The standard InChI is InChI=1S/C22H20N2O4/c1-27-21-14-17(15-23-26)12-13-20(21)28-16-22(25)24(18-8-4-2-5-9-18)19-10-6-3-7-11-19/h2-15,26H,16H2,1H3. The van der Waals surface area contributed by atoms with Crippen LogP contribution in [-0.2, 0) is 4.79 Å². The number of anilines is 2. The van der Waals surface area contributed by atoms with Gasteiger partial charge in [0.2, 0.25) is 0 Å². The van der Waals surface area contributed by atoms with Gasteiger partial charge < -0.3 is 14.7 Å². The number of oxime groups is 1. The predicted octanol–water partition coefficient (Wildman–Crippen LogP) is 4.25. The van der Waals surface area contributed by atoms with Gasteiger partial charge in [0.25, 0.3) is 5.91 Å². The summed E-state index contributed by atoms with van der Waals surface area (Å²) in [4.78, 5) is 14.6. The molecule has 0 radical (unpaired) electrons. The van der Waals surface area contributed by atoms with Crippen LogP contribution in [0.3, 0.4) is 0 Å². The Bertz CT molecular complexity index is 904. The van der Waals surface area contributed by atoms with Crippen molar-refractivity contribution in [1.29, 1.82) is 0 Å². The second-order valence-corrected chi connectivity index (χ2v) is 5.84. The summed E-state index contributed by atoms with van der Waals surface area (Å²) < 4.78 is 11.0. The first-order valence-electron chi connectivity index (χ1n) is 8.64. The van der Waals surface area contributed by atoms with Crippen molar-refractivity contribution in [3.8, 4) is 11.5 Å². The summed E-state index contributed by atoms with van der Waals surface area (Å²) in [7, 11) is 1.50. The Morgan fingerprint density at radius 2 is 1.57 bits per heavy atom. The molecule has 0 aliphatic carbocycles. The summed E-state index contributed by atoms with van der Waals surface area (Å²) in [5.41, 5.74) is 2.15. The molecule has 1 N–H and O–H groups in total. The minimum absolute atomic E-state index is 0.173. The molecule has 0 unspecified atom stereocenters. The fourth-order valence-electron chi connectivity index (χ4n) is 2.75. The van der Waals surface area contributed by atoms with E-state index in [0.29, 0.717) is 17.1 Å². The van der Waals surface area contributed by atoms with E-state index in [-0.39, 0.29) is 12.5 Å². The number of carbonyl (C=O) groups is 1. The van der Waals surface area contributed by atoms with Crippen LogP contribution in [0, 0.1) is 0 Å². The normalized spacial score (nSPS) is 10.6. The van der Waals surface area contributed by atoms with Crippen LogP contribution in [0.2, 0.25) is 0 Å². The van der Waals surface area contributed by atoms with Gasteiger partial charge in [0.1, 0.15) is 0 Å². The third-order valence-corrected chi connectivity index (χ3v) is 4.02. The second kappa shape index (κ2) is 9.23. The van der Waals surface area contributed by atoms with E-state index < -0.39 is 0 Å². The number of methoxy groups -OCH3 is 1. The summed E-state index contributed by atoms with van der Waals surface area (Å²) in [6.07, 6.45) is 1.28. The van der Waals surface area contributed by atoms with Gasteiger partial charge >= 0.3 is 0 Å². The van der Waals surface area contributed by atoms with Crippen LogP contribution in [-0.4, -0.2) is 31.0 Å². The Hall–Kier alpha value is -3.80. The topological polar surface area (TPSA) is 71.4 Å². The molecule has 3 aromatic rings. The molecule has 0 aromatic heterocycles. The molecule has 0 saturated heterocycles. The number of benzene rings is 3. The quantitative estimate of drug-likeness (QED) is 0.380. The van der Waals surface area contributed by atoms with Crippen LogP contribution in [0.4, 0.5) is 11.4 Å². The maximum atomic E-state index is 13.0. The molecular formula is C22H20N2O4. The highest BCUT2D eigenvalue weighted by Crippen LogP contribution is 2.29. The van der Waals surface area contributed by atoms with Gasteiger partial charge in [-0.15, -0.1) is 0 Å². The van der Waals surface area contributed by atoms with Crippen molar-refractivity contribution in [2.75, 3.05) is 18.6 Å². The number of rotatable bonds is 7. The Labute approximate surface area is 163 Å².